The molecule has 1 saturated heterocycles. The van der Waals surface area contributed by atoms with Gasteiger partial charge in [0, 0.05) is 37.0 Å². The molecule has 3 rings (SSSR count). The maximum atomic E-state index is 13.3. The highest BCUT2D eigenvalue weighted by atomic mass is 32.2. The second kappa shape index (κ2) is 10.3. The average Bonchev–Trinajstić information content (AvgIpc) is 3.21. The van der Waals surface area contributed by atoms with Gasteiger partial charge in [0.2, 0.25) is 15.9 Å². The Kier molecular flexibility index (Phi) is 7.79. The smallest absolute Gasteiger partial charge is 0.243 e. The van der Waals surface area contributed by atoms with Gasteiger partial charge in [0.05, 0.1) is 24.7 Å². The lowest BCUT2D eigenvalue weighted by Crippen LogP contribution is -3.14. The van der Waals surface area contributed by atoms with E-state index in [-0.39, 0.29) is 10.8 Å². The minimum Gasteiger partial charge on any atom is -0.370 e. The van der Waals surface area contributed by atoms with Crippen LogP contribution in [0.5, 0.6) is 0 Å². The summed E-state index contributed by atoms with van der Waals surface area (Å²) in [6, 6.07) is 10.2. The van der Waals surface area contributed by atoms with E-state index in [1.807, 2.05) is 17.5 Å². The topological polar surface area (TPSA) is 80.2 Å². The molecule has 0 aliphatic carbocycles. The molecule has 1 fully saturated rings. The highest BCUT2D eigenvalue weighted by Crippen LogP contribution is 2.22. The van der Waals surface area contributed by atoms with Crippen LogP contribution in [0.15, 0.2) is 46.7 Å². The standard InChI is InChI=1S/C20H27N3O4S2/c1-17(24)21-18-5-7-20(8-6-18)29(25,26)23(16-19-4-2-15-28-19)10-3-9-22-11-13-27-14-12-22/h2,4-8,15H,3,9-14,16H2,1H3,(H,21,24)/p+1. The monoisotopic (exact) mass is 438 g/mol. The predicted octanol–water partition coefficient (Wildman–Crippen LogP) is 1.20. The van der Waals surface area contributed by atoms with Crippen molar-refractivity contribution >= 4 is 33.0 Å². The Morgan fingerprint density at radius 3 is 2.55 bits per heavy atom. The van der Waals surface area contributed by atoms with Crippen molar-refractivity contribution in [3.63, 3.8) is 0 Å². The van der Waals surface area contributed by atoms with Gasteiger partial charge < -0.3 is 15.0 Å². The largest absolute Gasteiger partial charge is 0.370 e. The van der Waals surface area contributed by atoms with Crippen LogP contribution in [0.1, 0.15) is 18.2 Å². The van der Waals surface area contributed by atoms with Gasteiger partial charge in [-0.2, -0.15) is 4.31 Å². The van der Waals surface area contributed by atoms with E-state index in [0.717, 1.165) is 44.1 Å². The fourth-order valence-corrected chi connectivity index (χ4v) is 5.60. The number of rotatable bonds is 9. The molecule has 0 atom stereocenters. The Hall–Kier alpha value is -1.78. The number of benzene rings is 1. The summed E-state index contributed by atoms with van der Waals surface area (Å²) < 4.78 is 33.5. The van der Waals surface area contributed by atoms with Crippen LogP contribution in [0.2, 0.25) is 0 Å². The SMILES string of the molecule is CC(=O)Nc1ccc(S(=O)(=O)N(CCC[NH+]2CCOCC2)Cc2cccs2)cc1. The lowest BCUT2D eigenvalue weighted by Gasteiger charge is -2.26. The minimum absolute atomic E-state index is 0.189. The summed E-state index contributed by atoms with van der Waals surface area (Å²) in [6.07, 6.45) is 0.796. The van der Waals surface area contributed by atoms with E-state index in [0.29, 0.717) is 18.8 Å². The number of quaternary nitrogens is 1. The fraction of sp³-hybridized carbons (Fsp3) is 0.450. The van der Waals surface area contributed by atoms with Crippen LogP contribution >= 0.6 is 11.3 Å². The molecular formula is C20H28N3O4S2+. The van der Waals surface area contributed by atoms with Gasteiger partial charge in [-0.25, -0.2) is 8.42 Å². The second-order valence-electron chi connectivity index (χ2n) is 7.09. The van der Waals surface area contributed by atoms with Gasteiger partial charge in [0.1, 0.15) is 13.1 Å². The molecule has 2 aromatic rings. The predicted molar refractivity (Wildman–Crippen MR) is 114 cm³/mol. The quantitative estimate of drug-likeness (QED) is 0.617. The van der Waals surface area contributed by atoms with Crippen LogP contribution in [0.4, 0.5) is 5.69 Å². The van der Waals surface area contributed by atoms with Gasteiger partial charge in [0.15, 0.2) is 0 Å². The molecule has 7 nitrogen and oxygen atoms in total. The molecule has 0 saturated carbocycles. The van der Waals surface area contributed by atoms with E-state index in [1.165, 1.54) is 11.8 Å². The molecule has 158 valence electrons. The van der Waals surface area contributed by atoms with Crippen LogP contribution in [0.3, 0.4) is 0 Å². The third kappa shape index (κ3) is 6.35. The van der Waals surface area contributed by atoms with Gasteiger partial charge in [-0.15, -0.1) is 11.3 Å². The van der Waals surface area contributed by atoms with Crippen LogP contribution in [-0.2, 0) is 26.1 Å². The summed E-state index contributed by atoms with van der Waals surface area (Å²) in [5.41, 5.74) is 0.581. The number of hydrogen-bond donors (Lipinski definition) is 2. The van der Waals surface area contributed by atoms with Crippen LogP contribution in [0, 0.1) is 0 Å². The van der Waals surface area contributed by atoms with Crippen molar-refractivity contribution in [2.75, 3.05) is 44.7 Å². The summed E-state index contributed by atoms with van der Waals surface area (Å²) in [4.78, 5) is 13.9. The maximum Gasteiger partial charge on any atom is 0.243 e. The van der Waals surface area contributed by atoms with Gasteiger partial charge in [0.25, 0.3) is 0 Å². The van der Waals surface area contributed by atoms with E-state index >= 15 is 0 Å². The molecule has 0 bridgehead atoms. The number of nitrogens with one attached hydrogen (secondary N) is 2. The van der Waals surface area contributed by atoms with Crippen molar-refractivity contribution in [2.24, 2.45) is 0 Å². The maximum absolute atomic E-state index is 13.3. The molecule has 1 aliphatic rings. The molecule has 1 aromatic heterocycles. The first kappa shape index (κ1) is 21.9. The minimum atomic E-state index is -3.63. The number of amides is 1. The molecule has 29 heavy (non-hydrogen) atoms. The molecule has 9 heteroatoms. The molecule has 0 unspecified atom stereocenters. The lowest BCUT2D eigenvalue weighted by atomic mass is 10.3. The molecule has 1 amide bonds. The fourth-order valence-electron chi connectivity index (χ4n) is 3.34. The van der Waals surface area contributed by atoms with Crippen LogP contribution < -0.4 is 10.2 Å². The highest BCUT2D eigenvalue weighted by molar-refractivity contribution is 7.89. The van der Waals surface area contributed by atoms with E-state index in [4.69, 9.17) is 4.74 Å². The third-order valence-electron chi connectivity index (χ3n) is 4.86. The van der Waals surface area contributed by atoms with Crippen LogP contribution in [0.25, 0.3) is 0 Å². The van der Waals surface area contributed by atoms with E-state index in [2.05, 4.69) is 5.32 Å². The average molecular weight is 439 g/mol. The van der Waals surface area contributed by atoms with E-state index < -0.39 is 10.0 Å². The highest BCUT2D eigenvalue weighted by Gasteiger charge is 2.25. The summed E-state index contributed by atoms with van der Waals surface area (Å²) in [5.74, 6) is -0.189. The number of anilines is 1. The van der Waals surface area contributed by atoms with Crippen molar-refractivity contribution in [3.05, 3.63) is 46.7 Å². The molecule has 0 spiro atoms. The third-order valence-corrected chi connectivity index (χ3v) is 7.58. The Morgan fingerprint density at radius 1 is 1.21 bits per heavy atom. The summed E-state index contributed by atoms with van der Waals surface area (Å²) in [6.45, 7) is 6.68. The van der Waals surface area contributed by atoms with Gasteiger partial charge >= 0.3 is 0 Å². The van der Waals surface area contributed by atoms with Gasteiger partial charge in [-0.3, -0.25) is 4.79 Å². The van der Waals surface area contributed by atoms with Gasteiger partial charge in [-0.05, 0) is 35.7 Å². The first-order chi connectivity index (χ1) is 13.9. The first-order valence-electron chi connectivity index (χ1n) is 9.76. The van der Waals surface area contributed by atoms with Crippen molar-refractivity contribution in [3.8, 4) is 0 Å². The van der Waals surface area contributed by atoms with Crippen molar-refractivity contribution in [1.29, 1.82) is 0 Å². The number of ether oxygens (including phenoxy) is 1. The lowest BCUT2D eigenvalue weighted by molar-refractivity contribution is -0.908. The molecule has 2 heterocycles. The Bertz CT molecular complexity index is 877. The zero-order valence-electron chi connectivity index (χ0n) is 16.6. The van der Waals surface area contributed by atoms with Crippen molar-refractivity contribution < 1.29 is 22.8 Å². The Labute approximate surface area is 176 Å². The number of thiophene rings is 1. The number of morpholine rings is 1. The second-order valence-corrected chi connectivity index (χ2v) is 10.1. The zero-order chi connectivity index (χ0) is 20.7. The summed E-state index contributed by atoms with van der Waals surface area (Å²) in [5, 5.41) is 4.62. The van der Waals surface area contributed by atoms with E-state index in [9.17, 15) is 13.2 Å². The van der Waals surface area contributed by atoms with Gasteiger partial charge in [-0.1, -0.05) is 6.07 Å². The molecule has 1 aromatic carbocycles. The van der Waals surface area contributed by atoms with E-state index in [1.54, 1.807) is 39.9 Å². The number of carbonyl (C=O) groups is 1. The van der Waals surface area contributed by atoms with Crippen LogP contribution in [-0.4, -0.2) is 58.0 Å². The normalized spacial score (nSPS) is 15.5. The summed E-state index contributed by atoms with van der Waals surface area (Å²) in [7, 11) is -3.63. The zero-order valence-corrected chi connectivity index (χ0v) is 18.2. The molecule has 2 N–H and O–H groups in total. The van der Waals surface area contributed by atoms with Crippen molar-refractivity contribution in [2.45, 2.75) is 24.8 Å². The number of carbonyl (C=O) groups excluding carboxylic acids is 1. The first-order valence-corrected chi connectivity index (χ1v) is 12.1. The summed E-state index contributed by atoms with van der Waals surface area (Å²) >= 11 is 1.56. The number of sulfonamides is 1. The Morgan fingerprint density at radius 2 is 1.93 bits per heavy atom. The number of hydrogen-bond acceptors (Lipinski definition) is 5. The Balaban J connectivity index is 1.71. The molecular weight excluding hydrogens is 410 g/mol. The molecule has 0 radical (unpaired) electrons. The molecule has 1 aliphatic heterocycles. The number of nitrogens with zero attached hydrogens (tertiary/aromatic N) is 1. The van der Waals surface area contributed by atoms with Crippen molar-refractivity contribution in [1.82, 2.24) is 4.31 Å².